The third kappa shape index (κ3) is 4.46. The molecule has 0 bridgehead atoms. The van der Waals surface area contributed by atoms with E-state index in [9.17, 15) is 0 Å². The summed E-state index contributed by atoms with van der Waals surface area (Å²) >= 11 is 0. The van der Waals surface area contributed by atoms with Crippen molar-refractivity contribution in [3.63, 3.8) is 0 Å². The molecule has 0 N–H and O–H groups in total. The third-order valence-corrected chi connectivity index (χ3v) is 5.48. The largest absolute Gasteiger partial charge is 0.303 e. The van der Waals surface area contributed by atoms with E-state index in [0.29, 0.717) is 5.41 Å². The summed E-state index contributed by atoms with van der Waals surface area (Å²) in [6, 6.07) is 0. The summed E-state index contributed by atoms with van der Waals surface area (Å²) in [4.78, 5) is 5.33. The predicted octanol–water partition coefficient (Wildman–Crippen LogP) is 3.48. The van der Waals surface area contributed by atoms with E-state index < -0.39 is 0 Å². The highest BCUT2D eigenvalue weighted by Gasteiger charge is 2.29. The predicted molar refractivity (Wildman–Crippen MR) is 83.5 cm³/mol. The van der Waals surface area contributed by atoms with E-state index >= 15 is 0 Å². The molecule has 2 rings (SSSR count). The van der Waals surface area contributed by atoms with E-state index in [-0.39, 0.29) is 0 Å². The molecule has 2 heteroatoms. The van der Waals surface area contributed by atoms with E-state index in [2.05, 4.69) is 37.5 Å². The molecule has 2 nitrogen and oxygen atoms in total. The van der Waals surface area contributed by atoms with E-state index in [4.69, 9.17) is 0 Å². The fourth-order valence-corrected chi connectivity index (χ4v) is 3.82. The molecule has 2 saturated heterocycles. The highest BCUT2D eigenvalue weighted by Crippen LogP contribution is 2.34. The highest BCUT2D eigenvalue weighted by atomic mass is 15.1. The van der Waals surface area contributed by atoms with Crippen LogP contribution in [0.25, 0.3) is 0 Å². The highest BCUT2D eigenvalue weighted by molar-refractivity contribution is 4.82. The normalized spacial score (nSPS) is 28.1. The fraction of sp³-hybridized carbons (Fsp3) is 1.00. The van der Waals surface area contributed by atoms with Gasteiger partial charge in [0.15, 0.2) is 0 Å². The molecule has 19 heavy (non-hydrogen) atoms. The molecule has 0 aliphatic carbocycles. The molecule has 1 atom stereocenters. The molecule has 2 fully saturated rings. The lowest BCUT2D eigenvalue weighted by Gasteiger charge is -2.39. The van der Waals surface area contributed by atoms with Gasteiger partial charge in [0.1, 0.15) is 0 Å². The van der Waals surface area contributed by atoms with Gasteiger partial charge in [0.25, 0.3) is 0 Å². The molecule has 0 spiro atoms. The minimum Gasteiger partial charge on any atom is -0.303 e. The summed E-state index contributed by atoms with van der Waals surface area (Å²) in [6.07, 6.45) is 5.69. The topological polar surface area (TPSA) is 6.48 Å². The molecule has 0 aromatic heterocycles. The number of likely N-dealkylation sites (tertiary alicyclic amines) is 2. The average Bonchev–Trinajstić information content (AvgIpc) is 2.84. The maximum atomic E-state index is 2.72. The summed E-state index contributed by atoms with van der Waals surface area (Å²) in [6.45, 7) is 17.5. The van der Waals surface area contributed by atoms with Gasteiger partial charge in [-0.2, -0.15) is 0 Å². The standard InChI is InChI=1S/C17H34N2/c1-5-18-10-6-15(14-18)7-11-19-12-8-16(9-13-19)17(2,3)4/h15-16H,5-14H2,1-4H3/t15-/m0/s1. The Hall–Kier alpha value is -0.0800. The zero-order chi connectivity index (χ0) is 13.9. The molecule has 112 valence electrons. The second kappa shape index (κ2) is 6.58. The molecular weight excluding hydrogens is 232 g/mol. The summed E-state index contributed by atoms with van der Waals surface area (Å²) in [5.41, 5.74) is 0.513. The van der Waals surface area contributed by atoms with Gasteiger partial charge >= 0.3 is 0 Å². The smallest absolute Gasteiger partial charge is 0.00105 e. The van der Waals surface area contributed by atoms with Crippen LogP contribution < -0.4 is 0 Å². The lowest BCUT2D eigenvalue weighted by molar-refractivity contribution is 0.108. The summed E-state index contributed by atoms with van der Waals surface area (Å²) in [5.74, 6) is 1.91. The second-order valence-corrected chi connectivity index (χ2v) is 7.82. The summed E-state index contributed by atoms with van der Waals surface area (Å²) in [7, 11) is 0. The van der Waals surface area contributed by atoms with E-state index in [1.807, 2.05) is 0 Å². The molecule has 0 aromatic rings. The minimum absolute atomic E-state index is 0.513. The Kier molecular flexibility index (Phi) is 5.30. The number of hydrogen-bond acceptors (Lipinski definition) is 2. The van der Waals surface area contributed by atoms with Crippen LogP contribution in [0.5, 0.6) is 0 Å². The van der Waals surface area contributed by atoms with Crippen LogP contribution in [0, 0.1) is 17.3 Å². The van der Waals surface area contributed by atoms with Crippen molar-refractivity contribution in [2.24, 2.45) is 17.3 Å². The summed E-state index contributed by atoms with van der Waals surface area (Å²) in [5, 5.41) is 0. The maximum absolute atomic E-state index is 2.72. The Bertz CT molecular complexity index is 261. The molecule has 2 aliphatic rings. The van der Waals surface area contributed by atoms with Crippen molar-refractivity contribution in [2.75, 3.05) is 39.3 Å². The first-order valence-corrected chi connectivity index (χ1v) is 8.43. The molecule has 0 saturated carbocycles. The van der Waals surface area contributed by atoms with Gasteiger partial charge in [-0.1, -0.05) is 27.7 Å². The van der Waals surface area contributed by atoms with E-state index in [1.54, 1.807) is 0 Å². The SMILES string of the molecule is CCN1CC[C@@H](CCN2CCC(C(C)(C)C)CC2)C1. The van der Waals surface area contributed by atoms with Crippen LogP contribution in [0.3, 0.4) is 0 Å². The van der Waals surface area contributed by atoms with Gasteiger partial charge in [-0.15, -0.1) is 0 Å². The Morgan fingerprint density at radius 3 is 2.11 bits per heavy atom. The Morgan fingerprint density at radius 2 is 1.58 bits per heavy atom. The van der Waals surface area contributed by atoms with E-state index in [0.717, 1.165) is 11.8 Å². The van der Waals surface area contributed by atoms with Crippen LogP contribution in [0.4, 0.5) is 0 Å². The lowest BCUT2D eigenvalue weighted by Crippen LogP contribution is -2.39. The van der Waals surface area contributed by atoms with Crippen molar-refractivity contribution in [2.45, 2.75) is 53.4 Å². The van der Waals surface area contributed by atoms with Gasteiger partial charge in [-0.3, -0.25) is 0 Å². The lowest BCUT2D eigenvalue weighted by atomic mass is 9.75. The number of piperidine rings is 1. The first-order valence-electron chi connectivity index (χ1n) is 8.43. The van der Waals surface area contributed by atoms with Crippen LogP contribution in [0.1, 0.15) is 53.4 Å². The third-order valence-electron chi connectivity index (χ3n) is 5.48. The number of hydrogen-bond donors (Lipinski definition) is 0. The molecule has 2 aliphatic heterocycles. The van der Waals surface area contributed by atoms with Gasteiger partial charge in [-0.05, 0) is 75.7 Å². The Morgan fingerprint density at radius 1 is 0.947 bits per heavy atom. The molecular formula is C17H34N2. The van der Waals surface area contributed by atoms with Gasteiger partial charge in [0.05, 0.1) is 0 Å². The van der Waals surface area contributed by atoms with Crippen molar-refractivity contribution in [1.82, 2.24) is 9.80 Å². The maximum Gasteiger partial charge on any atom is 0.00105 e. The quantitative estimate of drug-likeness (QED) is 0.769. The summed E-state index contributed by atoms with van der Waals surface area (Å²) < 4.78 is 0. The number of nitrogens with zero attached hydrogens (tertiary/aromatic N) is 2. The molecule has 0 unspecified atom stereocenters. The van der Waals surface area contributed by atoms with Crippen molar-refractivity contribution in [3.8, 4) is 0 Å². The van der Waals surface area contributed by atoms with E-state index in [1.165, 1.54) is 65.0 Å². The molecule has 0 amide bonds. The van der Waals surface area contributed by atoms with Crippen molar-refractivity contribution in [1.29, 1.82) is 0 Å². The van der Waals surface area contributed by atoms with Gasteiger partial charge in [0, 0.05) is 6.54 Å². The van der Waals surface area contributed by atoms with Crippen LogP contribution >= 0.6 is 0 Å². The second-order valence-electron chi connectivity index (χ2n) is 7.82. The van der Waals surface area contributed by atoms with Gasteiger partial charge in [-0.25, -0.2) is 0 Å². The monoisotopic (exact) mass is 266 g/mol. The zero-order valence-corrected chi connectivity index (χ0v) is 13.6. The van der Waals surface area contributed by atoms with Gasteiger partial charge < -0.3 is 9.80 Å². The molecule has 2 heterocycles. The Balaban J connectivity index is 1.64. The Labute approximate surface area is 120 Å². The van der Waals surface area contributed by atoms with Gasteiger partial charge in [0.2, 0.25) is 0 Å². The average molecular weight is 266 g/mol. The molecule has 0 radical (unpaired) electrons. The fourth-order valence-electron chi connectivity index (χ4n) is 3.82. The van der Waals surface area contributed by atoms with Crippen LogP contribution in [0.2, 0.25) is 0 Å². The minimum atomic E-state index is 0.513. The first kappa shape index (κ1) is 15.3. The first-order chi connectivity index (χ1) is 8.99. The number of rotatable bonds is 4. The van der Waals surface area contributed by atoms with Crippen LogP contribution in [0.15, 0.2) is 0 Å². The van der Waals surface area contributed by atoms with Crippen LogP contribution in [-0.2, 0) is 0 Å². The zero-order valence-electron chi connectivity index (χ0n) is 13.6. The van der Waals surface area contributed by atoms with Crippen molar-refractivity contribution in [3.05, 3.63) is 0 Å². The van der Waals surface area contributed by atoms with Crippen LogP contribution in [-0.4, -0.2) is 49.1 Å². The van der Waals surface area contributed by atoms with Crippen molar-refractivity contribution >= 4 is 0 Å². The van der Waals surface area contributed by atoms with Crippen molar-refractivity contribution < 1.29 is 0 Å². The molecule has 0 aromatic carbocycles.